The molecule has 0 heterocycles. The highest BCUT2D eigenvalue weighted by molar-refractivity contribution is 4.93. The maximum absolute atomic E-state index is 12.1. The fraction of sp³-hybridized carbons (Fsp3) is 0.667. The Balaban J connectivity index is 4.61. The van der Waals surface area contributed by atoms with Crippen LogP contribution in [0.2, 0.25) is 0 Å². The van der Waals surface area contributed by atoms with Crippen LogP contribution in [0.25, 0.3) is 0 Å². The number of allylic oxidation sites excluding steroid dienone is 1. The van der Waals surface area contributed by atoms with E-state index in [2.05, 4.69) is 6.58 Å². The summed E-state index contributed by atoms with van der Waals surface area (Å²) in [7, 11) is 0. The van der Waals surface area contributed by atoms with E-state index < -0.39 is 24.4 Å². The van der Waals surface area contributed by atoms with Crippen LogP contribution in [0.5, 0.6) is 0 Å². The first-order valence-electron chi connectivity index (χ1n) is 2.98. The number of hydrogen-bond donors (Lipinski definition) is 0. The van der Waals surface area contributed by atoms with Crippen molar-refractivity contribution in [1.82, 2.24) is 0 Å². The molecule has 0 nitrogen and oxygen atoms in total. The second-order valence-electron chi connectivity index (χ2n) is 2.34. The molecule has 0 amide bonds. The standard InChI is InChI=1S/C6H5F7/c1-2-4(7,8)3-5(9,10)6(11,12)13/h2H,1,3H2. The fourth-order valence-corrected chi connectivity index (χ4v) is 0.468. The van der Waals surface area contributed by atoms with Gasteiger partial charge in [0.15, 0.2) is 0 Å². The second-order valence-corrected chi connectivity index (χ2v) is 2.34. The Morgan fingerprint density at radius 1 is 0.923 bits per heavy atom. The minimum atomic E-state index is -5.96. The van der Waals surface area contributed by atoms with Gasteiger partial charge in [-0.25, -0.2) is 8.78 Å². The first-order chi connectivity index (χ1) is 5.52. The topological polar surface area (TPSA) is 0 Å². The van der Waals surface area contributed by atoms with Gasteiger partial charge < -0.3 is 0 Å². The van der Waals surface area contributed by atoms with E-state index in [9.17, 15) is 30.7 Å². The van der Waals surface area contributed by atoms with Gasteiger partial charge >= 0.3 is 12.1 Å². The molecular formula is C6H5F7. The Labute approximate surface area is 69.0 Å². The largest absolute Gasteiger partial charge is 0.453 e. The molecule has 0 aliphatic heterocycles. The molecule has 0 radical (unpaired) electrons. The lowest BCUT2D eigenvalue weighted by Gasteiger charge is -2.22. The van der Waals surface area contributed by atoms with Crippen LogP contribution in [0, 0.1) is 0 Å². The zero-order valence-corrected chi connectivity index (χ0v) is 6.14. The number of rotatable bonds is 3. The summed E-state index contributed by atoms with van der Waals surface area (Å²) in [6.45, 7) is 2.45. The predicted octanol–water partition coefficient (Wildman–Crippen LogP) is 3.40. The summed E-state index contributed by atoms with van der Waals surface area (Å²) in [5.41, 5.74) is 0. The summed E-state index contributed by atoms with van der Waals surface area (Å²) >= 11 is 0. The van der Waals surface area contributed by atoms with E-state index in [0.29, 0.717) is 0 Å². The van der Waals surface area contributed by atoms with Crippen molar-refractivity contribution in [2.75, 3.05) is 0 Å². The normalized spacial score (nSPS) is 14.4. The molecule has 0 aliphatic carbocycles. The number of hydrogen-bond acceptors (Lipinski definition) is 0. The highest BCUT2D eigenvalue weighted by atomic mass is 19.4. The van der Waals surface area contributed by atoms with Gasteiger partial charge in [-0.1, -0.05) is 6.58 Å². The van der Waals surface area contributed by atoms with Gasteiger partial charge in [0.1, 0.15) is 0 Å². The monoisotopic (exact) mass is 210 g/mol. The summed E-state index contributed by atoms with van der Waals surface area (Å²) < 4.78 is 82.2. The van der Waals surface area contributed by atoms with Crippen molar-refractivity contribution >= 4 is 0 Å². The van der Waals surface area contributed by atoms with Gasteiger partial charge in [0.25, 0.3) is 5.92 Å². The van der Waals surface area contributed by atoms with E-state index in [1.54, 1.807) is 0 Å². The van der Waals surface area contributed by atoms with Crippen molar-refractivity contribution in [1.29, 1.82) is 0 Å². The Kier molecular flexibility index (Phi) is 3.01. The lowest BCUT2D eigenvalue weighted by atomic mass is 10.1. The van der Waals surface area contributed by atoms with Crippen LogP contribution in [0.4, 0.5) is 30.7 Å². The van der Waals surface area contributed by atoms with E-state index >= 15 is 0 Å². The van der Waals surface area contributed by atoms with E-state index in [1.807, 2.05) is 0 Å². The van der Waals surface area contributed by atoms with Crippen molar-refractivity contribution in [3.05, 3.63) is 12.7 Å². The molecule has 0 aromatic carbocycles. The molecule has 0 saturated heterocycles. The zero-order chi connectivity index (χ0) is 10.9. The second kappa shape index (κ2) is 3.19. The van der Waals surface area contributed by atoms with E-state index in [0.717, 1.165) is 0 Å². The minimum absolute atomic E-state index is 0.243. The molecular weight excluding hydrogens is 205 g/mol. The quantitative estimate of drug-likeness (QED) is 0.494. The summed E-state index contributed by atoms with van der Waals surface area (Å²) in [4.78, 5) is 0. The Bertz CT molecular complexity index is 190. The molecule has 0 saturated carbocycles. The Morgan fingerprint density at radius 2 is 1.31 bits per heavy atom. The molecule has 0 aliphatic rings. The highest BCUT2D eigenvalue weighted by Crippen LogP contribution is 2.42. The van der Waals surface area contributed by atoms with Crippen molar-refractivity contribution in [2.24, 2.45) is 0 Å². The maximum atomic E-state index is 12.1. The van der Waals surface area contributed by atoms with Gasteiger partial charge in [-0.05, 0) is 6.08 Å². The summed E-state index contributed by atoms with van der Waals surface area (Å²) in [6, 6.07) is 0. The van der Waals surface area contributed by atoms with Crippen LogP contribution in [-0.2, 0) is 0 Å². The van der Waals surface area contributed by atoms with Gasteiger partial charge in [-0.2, -0.15) is 22.0 Å². The first kappa shape index (κ1) is 12.2. The Hall–Kier alpha value is -0.750. The van der Waals surface area contributed by atoms with Gasteiger partial charge in [-0.3, -0.25) is 0 Å². The third-order valence-electron chi connectivity index (χ3n) is 1.17. The lowest BCUT2D eigenvalue weighted by molar-refractivity contribution is -0.296. The molecule has 0 N–H and O–H groups in total. The fourth-order valence-electron chi connectivity index (χ4n) is 0.468. The van der Waals surface area contributed by atoms with E-state index in [-0.39, 0.29) is 6.08 Å². The van der Waals surface area contributed by atoms with Crippen LogP contribution in [-0.4, -0.2) is 18.0 Å². The summed E-state index contributed by atoms with van der Waals surface area (Å²) in [5, 5.41) is 0. The molecule has 0 unspecified atom stereocenters. The summed E-state index contributed by atoms with van der Waals surface area (Å²) in [6.07, 6.45) is -8.81. The smallest absolute Gasteiger partial charge is 0.202 e. The molecule has 13 heavy (non-hydrogen) atoms. The third kappa shape index (κ3) is 3.23. The van der Waals surface area contributed by atoms with Gasteiger partial charge in [0, 0.05) is 0 Å². The zero-order valence-electron chi connectivity index (χ0n) is 6.14. The molecule has 78 valence electrons. The minimum Gasteiger partial charge on any atom is -0.202 e. The molecule has 0 aromatic heterocycles. The number of halogens is 7. The predicted molar refractivity (Wildman–Crippen MR) is 30.8 cm³/mol. The van der Waals surface area contributed by atoms with E-state index in [1.165, 1.54) is 0 Å². The van der Waals surface area contributed by atoms with Crippen LogP contribution >= 0.6 is 0 Å². The van der Waals surface area contributed by atoms with Crippen molar-refractivity contribution < 1.29 is 30.7 Å². The lowest BCUT2D eigenvalue weighted by Crippen LogP contribution is -2.41. The summed E-state index contributed by atoms with van der Waals surface area (Å²) in [5.74, 6) is -9.62. The van der Waals surface area contributed by atoms with Crippen molar-refractivity contribution in [2.45, 2.75) is 24.4 Å². The molecule has 0 aromatic rings. The third-order valence-corrected chi connectivity index (χ3v) is 1.17. The van der Waals surface area contributed by atoms with Gasteiger partial charge in [0.05, 0.1) is 6.42 Å². The first-order valence-corrected chi connectivity index (χ1v) is 2.98. The van der Waals surface area contributed by atoms with Gasteiger partial charge in [-0.15, -0.1) is 0 Å². The maximum Gasteiger partial charge on any atom is 0.453 e. The molecule has 7 heteroatoms. The van der Waals surface area contributed by atoms with Crippen LogP contribution in [0.3, 0.4) is 0 Å². The molecule has 0 fully saturated rings. The SMILES string of the molecule is C=CC(F)(F)CC(F)(F)C(F)(F)F. The average molecular weight is 210 g/mol. The molecule has 0 rings (SSSR count). The van der Waals surface area contributed by atoms with E-state index in [4.69, 9.17) is 0 Å². The van der Waals surface area contributed by atoms with Crippen LogP contribution in [0.15, 0.2) is 12.7 Å². The average Bonchev–Trinajstić information content (AvgIpc) is 1.83. The van der Waals surface area contributed by atoms with Gasteiger partial charge in [0.2, 0.25) is 0 Å². The van der Waals surface area contributed by atoms with Crippen molar-refractivity contribution in [3.63, 3.8) is 0 Å². The molecule has 0 bridgehead atoms. The number of alkyl halides is 7. The Morgan fingerprint density at radius 3 is 1.54 bits per heavy atom. The highest BCUT2D eigenvalue weighted by Gasteiger charge is 2.61. The van der Waals surface area contributed by atoms with Crippen LogP contribution in [0.1, 0.15) is 6.42 Å². The van der Waals surface area contributed by atoms with Crippen LogP contribution < -0.4 is 0 Å². The molecule has 0 atom stereocenters. The van der Waals surface area contributed by atoms with Crippen molar-refractivity contribution in [3.8, 4) is 0 Å². The molecule has 0 spiro atoms.